The average Bonchev–Trinajstić information content (AvgIpc) is 2.47. The first-order valence-corrected chi connectivity index (χ1v) is 7.30. The molecule has 1 amide bonds. The lowest BCUT2D eigenvalue weighted by atomic mass is 9.76. The zero-order valence-electron chi connectivity index (χ0n) is 12.2. The maximum Gasteiger partial charge on any atom is 0.329 e. The number of aliphatic carboxylic acids is 1. The number of hydrogen-bond donors (Lipinski definition) is 3. The molecule has 1 aliphatic carbocycles. The minimum Gasteiger partial charge on any atom is -0.480 e. The smallest absolute Gasteiger partial charge is 0.329 e. The van der Waals surface area contributed by atoms with Gasteiger partial charge in [-0.1, -0.05) is 50.1 Å². The van der Waals surface area contributed by atoms with E-state index in [4.69, 9.17) is 5.73 Å². The third-order valence-corrected chi connectivity index (χ3v) is 4.21. The summed E-state index contributed by atoms with van der Waals surface area (Å²) in [5, 5.41) is 12.2. The van der Waals surface area contributed by atoms with E-state index < -0.39 is 23.5 Å². The quantitative estimate of drug-likeness (QED) is 0.789. The van der Waals surface area contributed by atoms with Gasteiger partial charge in [-0.25, -0.2) is 4.79 Å². The van der Waals surface area contributed by atoms with Crippen LogP contribution in [-0.4, -0.2) is 22.5 Å². The second-order valence-corrected chi connectivity index (χ2v) is 5.97. The number of nitrogens with two attached hydrogens (primary N) is 1. The monoisotopic (exact) mass is 290 g/mol. The van der Waals surface area contributed by atoms with Gasteiger partial charge >= 0.3 is 5.97 Å². The van der Waals surface area contributed by atoms with Crippen molar-refractivity contribution in [3.8, 4) is 0 Å². The first-order chi connectivity index (χ1) is 9.94. The summed E-state index contributed by atoms with van der Waals surface area (Å²) < 4.78 is 0. The molecule has 1 aromatic rings. The van der Waals surface area contributed by atoms with Crippen LogP contribution in [-0.2, 0) is 9.59 Å². The van der Waals surface area contributed by atoms with Gasteiger partial charge in [0.2, 0.25) is 5.91 Å². The highest BCUT2D eigenvalue weighted by Crippen LogP contribution is 2.33. The third kappa shape index (κ3) is 3.42. The number of rotatable bonds is 4. The van der Waals surface area contributed by atoms with Crippen LogP contribution in [0.5, 0.6) is 0 Å². The molecule has 0 bridgehead atoms. The average molecular weight is 290 g/mol. The molecule has 114 valence electrons. The Morgan fingerprint density at radius 2 is 2.05 bits per heavy atom. The molecule has 0 radical (unpaired) electrons. The highest BCUT2D eigenvalue weighted by molar-refractivity contribution is 5.90. The lowest BCUT2D eigenvalue weighted by Gasteiger charge is -2.37. The molecule has 1 aromatic carbocycles. The molecule has 1 saturated carbocycles. The van der Waals surface area contributed by atoms with E-state index in [1.807, 2.05) is 13.0 Å². The normalized spacial score (nSPS) is 26.9. The summed E-state index contributed by atoms with van der Waals surface area (Å²) in [4.78, 5) is 24.0. The van der Waals surface area contributed by atoms with E-state index >= 15 is 0 Å². The van der Waals surface area contributed by atoms with Crippen LogP contribution in [0.15, 0.2) is 30.3 Å². The summed E-state index contributed by atoms with van der Waals surface area (Å²) in [6, 6.07) is 8.13. The largest absolute Gasteiger partial charge is 0.480 e. The Morgan fingerprint density at radius 3 is 2.62 bits per heavy atom. The van der Waals surface area contributed by atoms with Crippen molar-refractivity contribution in [2.45, 2.75) is 44.2 Å². The topological polar surface area (TPSA) is 92.4 Å². The minimum atomic E-state index is -1.18. The van der Waals surface area contributed by atoms with Gasteiger partial charge in [-0.05, 0) is 24.3 Å². The van der Waals surface area contributed by atoms with Gasteiger partial charge < -0.3 is 16.2 Å². The Morgan fingerprint density at radius 1 is 1.38 bits per heavy atom. The maximum atomic E-state index is 12.3. The highest BCUT2D eigenvalue weighted by Gasteiger charge is 2.43. The number of nitrogens with one attached hydrogen (secondary N) is 1. The second-order valence-electron chi connectivity index (χ2n) is 5.97. The zero-order chi connectivity index (χ0) is 15.5. The Kier molecular flexibility index (Phi) is 4.63. The third-order valence-electron chi connectivity index (χ3n) is 4.21. The SMILES string of the molecule is CC1CCCC(NC(=O)[C@@H](N)c2ccccc2)(C(=O)O)C1. The van der Waals surface area contributed by atoms with Crippen LogP contribution in [0.3, 0.4) is 0 Å². The Balaban J connectivity index is 2.14. The molecule has 21 heavy (non-hydrogen) atoms. The summed E-state index contributed by atoms with van der Waals surface area (Å²) in [7, 11) is 0. The molecule has 0 heterocycles. The van der Waals surface area contributed by atoms with Crippen molar-refractivity contribution >= 4 is 11.9 Å². The highest BCUT2D eigenvalue weighted by atomic mass is 16.4. The molecule has 0 saturated heterocycles. The summed E-state index contributed by atoms with van der Waals surface area (Å²) in [5.74, 6) is -1.12. The fourth-order valence-electron chi connectivity index (χ4n) is 3.04. The molecule has 5 heteroatoms. The van der Waals surface area contributed by atoms with Gasteiger partial charge in [0.05, 0.1) is 0 Å². The Bertz CT molecular complexity index is 518. The number of benzene rings is 1. The van der Waals surface area contributed by atoms with Gasteiger partial charge in [0.25, 0.3) is 0 Å². The number of carbonyl (C=O) groups is 2. The molecule has 1 aliphatic rings. The number of carbonyl (C=O) groups excluding carboxylic acids is 1. The first-order valence-electron chi connectivity index (χ1n) is 7.30. The molecular weight excluding hydrogens is 268 g/mol. The fourth-order valence-corrected chi connectivity index (χ4v) is 3.04. The minimum absolute atomic E-state index is 0.281. The Hall–Kier alpha value is -1.88. The van der Waals surface area contributed by atoms with Crippen molar-refractivity contribution in [1.29, 1.82) is 0 Å². The van der Waals surface area contributed by atoms with E-state index in [0.717, 1.165) is 12.8 Å². The van der Waals surface area contributed by atoms with Crippen LogP contribution < -0.4 is 11.1 Å². The van der Waals surface area contributed by atoms with E-state index in [1.165, 1.54) is 0 Å². The van der Waals surface area contributed by atoms with Crippen LogP contribution in [0, 0.1) is 5.92 Å². The number of carboxylic acid groups (broad SMARTS) is 1. The van der Waals surface area contributed by atoms with E-state index in [1.54, 1.807) is 24.3 Å². The lowest BCUT2D eigenvalue weighted by Crippen LogP contribution is -2.58. The maximum absolute atomic E-state index is 12.3. The number of amides is 1. The summed E-state index contributed by atoms with van der Waals surface area (Å²) >= 11 is 0. The summed E-state index contributed by atoms with van der Waals surface area (Å²) in [5.41, 5.74) is 5.44. The van der Waals surface area contributed by atoms with Crippen molar-refractivity contribution in [2.24, 2.45) is 11.7 Å². The molecule has 5 nitrogen and oxygen atoms in total. The van der Waals surface area contributed by atoms with Gasteiger partial charge in [-0.15, -0.1) is 0 Å². The zero-order valence-corrected chi connectivity index (χ0v) is 12.2. The predicted molar refractivity (Wildman–Crippen MR) is 79.5 cm³/mol. The van der Waals surface area contributed by atoms with E-state index in [2.05, 4.69) is 5.32 Å². The standard InChI is InChI=1S/C16H22N2O3/c1-11-6-5-9-16(10-11,15(20)21)18-14(19)13(17)12-7-3-2-4-8-12/h2-4,7-8,11,13H,5-6,9-10,17H2,1H3,(H,18,19)(H,20,21)/t11?,13-,16?/m0/s1. The van der Waals surface area contributed by atoms with Gasteiger partial charge in [0.15, 0.2) is 0 Å². The van der Waals surface area contributed by atoms with Crippen LogP contribution in [0.1, 0.15) is 44.2 Å². The van der Waals surface area contributed by atoms with Crippen molar-refractivity contribution < 1.29 is 14.7 Å². The molecule has 0 aliphatic heterocycles. The van der Waals surface area contributed by atoms with Crippen molar-refractivity contribution in [3.05, 3.63) is 35.9 Å². The molecule has 2 rings (SSSR count). The van der Waals surface area contributed by atoms with E-state index in [0.29, 0.717) is 18.4 Å². The van der Waals surface area contributed by atoms with Gasteiger partial charge in [-0.2, -0.15) is 0 Å². The van der Waals surface area contributed by atoms with Gasteiger partial charge in [-0.3, -0.25) is 4.79 Å². The van der Waals surface area contributed by atoms with Gasteiger partial charge in [0, 0.05) is 0 Å². The van der Waals surface area contributed by atoms with Crippen LogP contribution in [0.25, 0.3) is 0 Å². The predicted octanol–water partition coefficient (Wildman–Crippen LogP) is 1.84. The Labute approximate surface area is 124 Å². The second kappa shape index (κ2) is 6.26. The molecule has 1 fully saturated rings. The fraction of sp³-hybridized carbons (Fsp3) is 0.500. The summed E-state index contributed by atoms with van der Waals surface area (Å²) in [6.07, 6.45) is 2.71. The van der Waals surface area contributed by atoms with E-state index in [-0.39, 0.29) is 5.92 Å². The molecular formula is C16H22N2O3. The van der Waals surface area contributed by atoms with Crippen LogP contribution in [0.2, 0.25) is 0 Å². The molecule has 3 atom stereocenters. The van der Waals surface area contributed by atoms with Crippen molar-refractivity contribution in [1.82, 2.24) is 5.32 Å². The lowest BCUT2D eigenvalue weighted by molar-refractivity contribution is -0.150. The molecule has 4 N–H and O–H groups in total. The summed E-state index contributed by atoms with van der Waals surface area (Å²) in [6.45, 7) is 2.01. The first kappa shape index (κ1) is 15.5. The van der Waals surface area contributed by atoms with E-state index in [9.17, 15) is 14.7 Å². The number of hydrogen-bond acceptors (Lipinski definition) is 3. The molecule has 2 unspecified atom stereocenters. The number of carboxylic acids is 1. The van der Waals surface area contributed by atoms with Crippen LogP contribution >= 0.6 is 0 Å². The molecule has 0 aromatic heterocycles. The van der Waals surface area contributed by atoms with Crippen molar-refractivity contribution in [2.75, 3.05) is 0 Å². The molecule has 0 spiro atoms. The van der Waals surface area contributed by atoms with Crippen LogP contribution in [0.4, 0.5) is 0 Å². The van der Waals surface area contributed by atoms with Crippen molar-refractivity contribution in [3.63, 3.8) is 0 Å². The van der Waals surface area contributed by atoms with Gasteiger partial charge in [0.1, 0.15) is 11.6 Å².